The van der Waals surface area contributed by atoms with Crippen LogP contribution in [0.4, 0.5) is 0 Å². The van der Waals surface area contributed by atoms with Crippen LogP contribution in [0, 0.1) is 0 Å². The van der Waals surface area contributed by atoms with E-state index >= 15 is 0 Å². The Morgan fingerprint density at radius 2 is 2.00 bits per heavy atom. The quantitative estimate of drug-likeness (QED) is 0.387. The second kappa shape index (κ2) is 4.77. The Morgan fingerprint density at radius 3 is 2.36 bits per heavy atom. The highest BCUT2D eigenvalue weighted by atomic mass is 16.5. The molecule has 11 heavy (non-hydrogen) atoms. The second-order valence-corrected chi connectivity index (χ2v) is 2.20. The van der Waals surface area contributed by atoms with Gasteiger partial charge in [0.25, 0.3) is 0 Å². The summed E-state index contributed by atoms with van der Waals surface area (Å²) in [5.41, 5.74) is 0.656. The van der Waals surface area contributed by atoms with Crippen LogP contribution in [-0.2, 0) is 9.53 Å². The molecule has 0 bridgehead atoms. The molecule has 0 heterocycles. The average Bonchev–Trinajstić information content (AvgIpc) is 2.02. The highest BCUT2D eigenvalue weighted by molar-refractivity contribution is 5.86. The van der Waals surface area contributed by atoms with Crippen LogP contribution in [0.5, 0.6) is 0 Å². The molecule has 3 nitrogen and oxygen atoms in total. The number of esters is 1. The van der Waals surface area contributed by atoms with Crippen LogP contribution in [0.25, 0.3) is 0 Å². The van der Waals surface area contributed by atoms with Crippen LogP contribution in [-0.4, -0.2) is 17.7 Å². The monoisotopic (exact) mass is 158 g/mol. The fourth-order valence-electron chi connectivity index (χ4n) is 0.541. The lowest BCUT2D eigenvalue weighted by atomic mass is 10.2. The SMILES string of the molecule is CCOC(=O)/C(O)=C(/C)CC. The standard InChI is InChI=1S/C8H14O3/c1-4-6(3)7(9)8(10)11-5-2/h9H,4-5H2,1-3H3/b7-6+. The third kappa shape index (κ3) is 3.07. The molecule has 0 spiro atoms. The molecule has 0 aromatic rings. The van der Waals surface area contributed by atoms with Crippen LogP contribution in [0.15, 0.2) is 11.3 Å². The molecule has 0 saturated heterocycles. The Labute approximate surface area is 66.7 Å². The molecule has 0 amide bonds. The fraction of sp³-hybridized carbons (Fsp3) is 0.625. The van der Waals surface area contributed by atoms with E-state index < -0.39 is 5.97 Å². The number of rotatable bonds is 3. The van der Waals surface area contributed by atoms with E-state index in [0.29, 0.717) is 18.6 Å². The molecular weight excluding hydrogens is 144 g/mol. The molecule has 0 unspecified atom stereocenters. The number of allylic oxidation sites excluding steroid dienone is 1. The summed E-state index contributed by atoms with van der Waals surface area (Å²) in [5, 5.41) is 9.12. The van der Waals surface area contributed by atoms with Crippen LogP contribution < -0.4 is 0 Å². The predicted molar refractivity (Wildman–Crippen MR) is 42.3 cm³/mol. The van der Waals surface area contributed by atoms with Crippen LogP contribution in [0.3, 0.4) is 0 Å². The van der Waals surface area contributed by atoms with Gasteiger partial charge in [0.1, 0.15) is 0 Å². The van der Waals surface area contributed by atoms with Gasteiger partial charge in [0.15, 0.2) is 0 Å². The highest BCUT2D eigenvalue weighted by Crippen LogP contribution is 2.05. The number of aliphatic hydroxyl groups is 1. The Bertz CT molecular complexity index is 170. The summed E-state index contributed by atoms with van der Waals surface area (Å²) >= 11 is 0. The molecule has 0 aromatic carbocycles. The van der Waals surface area contributed by atoms with Gasteiger partial charge in [0, 0.05) is 0 Å². The first-order chi connectivity index (χ1) is 5.13. The molecule has 0 atom stereocenters. The molecule has 0 aromatic heterocycles. The number of carbonyl (C=O) groups excluding carboxylic acids is 1. The zero-order valence-electron chi connectivity index (χ0n) is 7.18. The molecule has 1 N–H and O–H groups in total. The Morgan fingerprint density at radius 1 is 1.45 bits per heavy atom. The van der Waals surface area contributed by atoms with E-state index in [1.807, 2.05) is 6.92 Å². The molecular formula is C8H14O3. The lowest BCUT2D eigenvalue weighted by Gasteiger charge is -2.02. The van der Waals surface area contributed by atoms with Gasteiger partial charge >= 0.3 is 5.97 Å². The number of hydrogen-bond acceptors (Lipinski definition) is 3. The van der Waals surface area contributed by atoms with Crippen LogP contribution >= 0.6 is 0 Å². The zero-order valence-corrected chi connectivity index (χ0v) is 7.18. The summed E-state index contributed by atoms with van der Waals surface area (Å²) in [5.74, 6) is -0.888. The van der Waals surface area contributed by atoms with Crippen molar-refractivity contribution in [2.75, 3.05) is 6.61 Å². The smallest absolute Gasteiger partial charge is 0.373 e. The van der Waals surface area contributed by atoms with Gasteiger partial charge in [-0.2, -0.15) is 0 Å². The van der Waals surface area contributed by atoms with Gasteiger partial charge < -0.3 is 9.84 Å². The lowest BCUT2D eigenvalue weighted by molar-refractivity contribution is -0.141. The Kier molecular flexibility index (Phi) is 4.34. The second-order valence-electron chi connectivity index (χ2n) is 2.20. The van der Waals surface area contributed by atoms with Crippen molar-refractivity contribution in [2.45, 2.75) is 27.2 Å². The van der Waals surface area contributed by atoms with Gasteiger partial charge in [0.2, 0.25) is 5.76 Å². The maximum absolute atomic E-state index is 10.8. The summed E-state index contributed by atoms with van der Waals surface area (Å²) in [4.78, 5) is 10.8. The van der Waals surface area contributed by atoms with Crippen molar-refractivity contribution < 1.29 is 14.6 Å². The van der Waals surface area contributed by atoms with Gasteiger partial charge in [-0.1, -0.05) is 6.92 Å². The van der Waals surface area contributed by atoms with Crippen molar-refractivity contribution in [3.63, 3.8) is 0 Å². The minimum atomic E-state index is -0.633. The number of ether oxygens (including phenoxy) is 1. The van der Waals surface area contributed by atoms with Crippen molar-refractivity contribution in [1.29, 1.82) is 0 Å². The Balaban J connectivity index is 4.22. The number of aliphatic hydroxyl groups excluding tert-OH is 1. The predicted octanol–water partition coefficient (Wildman–Crippen LogP) is 1.79. The Hall–Kier alpha value is -0.990. The summed E-state index contributed by atoms with van der Waals surface area (Å²) in [6.07, 6.45) is 0.657. The van der Waals surface area contributed by atoms with Crippen LogP contribution in [0.1, 0.15) is 27.2 Å². The van der Waals surface area contributed by atoms with Crippen molar-refractivity contribution in [3.8, 4) is 0 Å². The van der Waals surface area contributed by atoms with E-state index in [-0.39, 0.29) is 5.76 Å². The third-order valence-corrected chi connectivity index (χ3v) is 1.40. The normalized spacial score (nSPS) is 12.3. The first-order valence-corrected chi connectivity index (χ1v) is 3.69. The van der Waals surface area contributed by atoms with Gasteiger partial charge in [-0.3, -0.25) is 0 Å². The van der Waals surface area contributed by atoms with Crippen molar-refractivity contribution >= 4 is 5.97 Å². The van der Waals surface area contributed by atoms with Gasteiger partial charge in [-0.15, -0.1) is 0 Å². The molecule has 0 aliphatic carbocycles. The molecule has 64 valence electrons. The van der Waals surface area contributed by atoms with E-state index in [0.717, 1.165) is 0 Å². The highest BCUT2D eigenvalue weighted by Gasteiger charge is 2.10. The topological polar surface area (TPSA) is 46.5 Å². The molecule has 0 aliphatic heterocycles. The first kappa shape index (κ1) is 10.0. The van der Waals surface area contributed by atoms with Gasteiger partial charge in [-0.05, 0) is 25.8 Å². The minimum absolute atomic E-state index is 0.255. The van der Waals surface area contributed by atoms with Crippen molar-refractivity contribution in [1.82, 2.24) is 0 Å². The molecule has 0 saturated carbocycles. The molecule has 0 aliphatic rings. The van der Waals surface area contributed by atoms with Crippen molar-refractivity contribution in [2.24, 2.45) is 0 Å². The van der Waals surface area contributed by atoms with Crippen molar-refractivity contribution in [3.05, 3.63) is 11.3 Å². The average molecular weight is 158 g/mol. The first-order valence-electron chi connectivity index (χ1n) is 3.69. The van der Waals surface area contributed by atoms with E-state index in [9.17, 15) is 4.79 Å². The lowest BCUT2D eigenvalue weighted by Crippen LogP contribution is -2.08. The number of carbonyl (C=O) groups is 1. The number of hydrogen-bond donors (Lipinski definition) is 1. The van der Waals surface area contributed by atoms with E-state index in [1.165, 1.54) is 0 Å². The summed E-state index contributed by atoms with van der Waals surface area (Å²) in [7, 11) is 0. The summed E-state index contributed by atoms with van der Waals surface area (Å²) in [6.45, 7) is 5.56. The van der Waals surface area contributed by atoms with E-state index in [2.05, 4.69) is 4.74 Å². The van der Waals surface area contributed by atoms with E-state index in [1.54, 1.807) is 13.8 Å². The summed E-state index contributed by atoms with van der Waals surface area (Å²) < 4.78 is 4.58. The maximum atomic E-state index is 10.8. The summed E-state index contributed by atoms with van der Waals surface area (Å²) in [6, 6.07) is 0. The molecule has 0 rings (SSSR count). The maximum Gasteiger partial charge on any atom is 0.373 e. The van der Waals surface area contributed by atoms with Crippen LogP contribution in [0.2, 0.25) is 0 Å². The van der Waals surface area contributed by atoms with Gasteiger partial charge in [0.05, 0.1) is 6.61 Å². The van der Waals surface area contributed by atoms with E-state index in [4.69, 9.17) is 5.11 Å². The fourth-order valence-corrected chi connectivity index (χ4v) is 0.541. The molecule has 0 fully saturated rings. The molecule has 3 heteroatoms. The largest absolute Gasteiger partial charge is 0.502 e. The zero-order chi connectivity index (χ0) is 8.85. The molecule has 0 radical (unpaired) electrons. The minimum Gasteiger partial charge on any atom is -0.502 e. The third-order valence-electron chi connectivity index (χ3n) is 1.40. The van der Waals surface area contributed by atoms with Gasteiger partial charge in [-0.25, -0.2) is 4.79 Å².